The van der Waals surface area contributed by atoms with Gasteiger partial charge in [-0.15, -0.1) is 0 Å². The van der Waals surface area contributed by atoms with Gasteiger partial charge in [0.1, 0.15) is 11.6 Å². The third-order valence-corrected chi connectivity index (χ3v) is 1.73. The first-order valence-corrected chi connectivity index (χ1v) is 3.77. The van der Waals surface area contributed by atoms with Crippen molar-refractivity contribution in [3.8, 4) is 5.75 Å². The van der Waals surface area contributed by atoms with Gasteiger partial charge in [-0.05, 0) is 18.6 Å². The zero-order valence-electron chi connectivity index (χ0n) is 7.39. The Bertz CT molecular complexity index is 326. The molecule has 0 aliphatic carbocycles. The van der Waals surface area contributed by atoms with E-state index in [-0.39, 0.29) is 11.3 Å². The second-order valence-electron chi connectivity index (χ2n) is 2.70. The van der Waals surface area contributed by atoms with Crippen LogP contribution in [0.25, 0.3) is 0 Å². The number of carbonyl (C=O) groups excluding carboxylic acids is 1. The predicted octanol–water partition coefficient (Wildman–Crippen LogP) is 1.20. The van der Waals surface area contributed by atoms with Crippen LogP contribution >= 0.6 is 0 Å². The highest BCUT2D eigenvalue weighted by Gasteiger charge is 2.14. The molecule has 70 valence electrons. The van der Waals surface area contributed by atoms with Gasteiger partial charge in [-0.1, -0.05) is 0 Å². The standard InChI is InChI=1S/C9H10FNO2/c1-5-3-6(12)4-7(10)8(5)9(13)11-2/h3-4,12H,1-2H3,(H,11,13). The summed E-state index contributed by atoms with van der Waals surface area (Å²) < 4.78 is 13.1. The molecule has 1 aromatic rings. The van der Waals surface area contributed by atoms with E-state index in [1.54, 1.807) is 6.92 Å². The van der Waals surface area contributed by atoms with E-state index in [4.69, 9.17) is 5.11 Å². The van der Waals surface area contributed by atoms with E-state index in [0.717, 1.165) is 6.07 Å². The number of aryl methyl sites for hydroxylation is 1. The minimum atomic E-state index is -0.711. The summed E-state index contributed by atoms with van der Waals surface area (Å²) in [5.74, 6) is -1.38. The van der Waals surface area contributed by atoms with Gasteiger partial charge >= 0.3 is 0 Å². The maximum atomic E-state index is 13.1. The van der Waals surface area contributed by atoms with Gasteiger partial charge in [-0.3, -0.25) is 4.79 Å². The maximum absolute atomic E-state index is 13.1. The maximum Gasteiger partial charge on any atom is 0.254 e. The highest BCUT2D eigenvalue weighted by atomic mass is 19.1. The Kier molecular flexibility index (Phi) is 2.51. The van der Waals surface area contributed by atoms with Crippen molar-refractivity contribution in [3.63, 3.8) is 0 Å². The van der Waals surface area contributed by atoms with Crippen molar-refractivity contribution in [2.45, 2.75) is 6.92 Å². The van der Waals surface area contributed by atoms with Crippen molar-refractivity contribution in [2.24, 2.45) is 0 Å². The molecule has 1 amide bonds. The van der Waals surface area contributed by atoms with Crippen LogP contribution in [0.4, 0.5) is 4.39 Å². The number of amides is 1. The number of phenols is 1. The molecule has 0 heterocycles. The normalized spacial score (nSPS) is 9.77. The monoisotopic (exact) mass is 183 g/mol. The Morgan fingerprint density at radius 2 is 2.15 bits per heavy atom. The molecule has 3 nitrogen and oxygen atoms in total. The number of hydrogen-bond donors (Lipinski definition) is 2. The summed E-state index contributed by atoms with van der Waals surface area (Å²) in [4.78, 5) is 11.1. The molecule has 0 saturated heterocycles. The van der Waals surface area contributed by atoms with Crippen molar-refractivity contribution >= 4 is 5.91 Å². The molecule has 0 aliphatic rings. The summed E-state index contributed by atoms with van der Waals surface area (Å²) in [6.45, 7) is 1.56. The fourth-order valence-electron chi connectivity index (χ4n) is 1.14. The lowest BCUT2D eigenvalue weighted by Crippen LogP contribution is -2.20. The summed E-state index contributed by atoms with van der Waals surface area (Å²) in [7, 11) is 1.42. The molecular weight excluding hydrogens is 173 g/mol. The first kappa shape index (κ1) is 9.51. The third-order valence-electron chi connectivity index (χ3n) is 1.73. The average molecular weight is 183 g/mol. The highest BCUT2D eigenvalue weighted by molar-refractivity contribution is 5.95. The zero-order valence-corrected chi connectivity index (χ0v) is 7.39. The average Bonchev–Trinajstić information content (AvgIpc) is 2.02. The van der Waals surface area contributed by atoms with Crippen LogP contribution in [0.5, 0.6) is 5.75 Å². The van der Waals surface area contributed by atoms with Crippen LogP contribution < -0.4 is 5.32 Å². The molecular formula is C9H10FNO2. The molecule has 4 heteroatoms. The Balaban J connectivity index is 3.28. The van der Waals surface area contributed by atoms with Gasteiger partial charge in [-0.2, -0.15) is 0 Å². The number of carbonyl (C=O) groups is 1. The zero-order chi connectivity index (χ0) is 10.0. The van der Waals surface area contributed by atoms with Crippen molar-refractivity contribution in [1.29, 1.82) is 0 Å². The van der Waals surface area contributed by atoms with Crippen molar-refractivity contribution in [3.05, 3.63) is 29.1 Å². The fraction of sp³-hybridized carbons (Fsp3) is 0.222. The van der Waals surface area contributed by atoms with Crippen molar-refractivity contribution < 1.29 is 14.3 Å². The van der Waals surface area contributed by atoms with Gasteiger partial charge < -0.3 is 10.4 Å². The molecule has 0 unspecified atom stereocenters. The molecule has 0 saturated carbocycles. The van der Waals surface area contributed by atoms with Gasteiger partial charge in [0.2, 0.25) is 0 Å². The number of halogens is 1. The van der Waals surface area contributed by atoms with Gasteiger partial charge in [0.25, 0.3) is 5.91 Å². The molecule has 0 atom stereocenters. The molecule has 0 aliphatic heterocycles. The van der Waals surface area contributed by atoms with E-state index < -0.39 is 11.7 Å². The Labute approximate surface area is 75.2 Å². The molecule has 1 rings (SSSR count). The van der Waals surface area contributed by atoms with Crippen LogP contribution in [0.3, 0.4) is 0 Å². The van der Waals surface area contributed by atoms with Crippen LogP contribution in [-0.4, -0.2) is 18.1 Å². The number of phenolic OH excluding ortho intramolecular Hbond substituents is 1. The second-order valence-corrected chi connectivity index (χ2v) is 2.70. The molecule has 2 N–H and O–H groups in total. The first-order chi connectivity index (χ1) is 6.06. The van der Waals surface area contributed by atoms with Crippen LogP contribution in [0.1, 0.15) is 15.9 Å². The second kappa shape index (κ2) is 3.43. The number of rotatable bonds is 1. The summed E-state index contributed by atoms with van der Waals surface area (Å²) in [5.41, 5.74) is 0.386. The number of benzene rings is 1. The summed E-state index contributed by atoms with van der Waals surface area (Å²) in [6.07, 6.45) is 0. The van der Waals surface area contributed by atoms with E-state index in [1.165, 1.54) is 13.1 Å². The molecule has 0 fully saturated rings. The molecule has 0 radical (unpaired) electrons. The Morgan fingerprint density at radius 1 is 1.54 bits per heavy atom. The Hall–Kier alpha value is -1.58. The lowest BCUT2D eigenvalue weighted by Gasteiger charge is -2.05. The quantitative estimate of drug-likeness (QED) is 0.687. The molecule has 0 bridgehead atoms. The Morgan fingerprint density at radius 3 is 2.62 bits per heavy atom. The van der Waals surface area contributed by atoms with E-state index >= 15 is 0 Å². The summed E-state index contributed by atoms with van der Waals surface area (Å²) >= 11 is 0. The van der Waals surface area contributed by atoms with E-state index in [0.29, 0.717) is 5.56 Å². The fourth-order valence-corrected chi connectivity index (χ4v) is 1.14. The highest BCUT2D eigenvalue weighted by Crippen LogP contribution is 2.19. The molecule has 0 spiro atoms. The van der Waals surface area contributed by atoms with Crippen molar-refractivity contribution in [1.82, 2.24) is 5.32 Å². The van der Waals surface area contributed by atoms with Gasteiger partial charge in [0.15, 0.2) is 0 Å². The predicted molar refractivity (Wildman–Crippen MR) is 46.2 cm³/mol. The van der Waals surface area contributed by atoms with Crippen LogP contribution in [-0.2, 0) is 0 Å². The minimum absolute atomic E-state index is 0.0275. The van der Waals surface area contributed by atoms with Crippen LogP contribution in [0.2, 0.25) is 0 Å². The lowest BCUT2D eigenvalue weighted by atomic mass is 10.1. The van der Waals surface area contributed by atoms with E-state index in [9.17, 15) is 9.18 Å². The largest absolute Gasteiger partial charge is 0.508 e. The minimum Gasteiger partial charge on any atom is -0.508 e. The van der Waals surface area contributed by atoms with E-state index in [2.05, 4.69) is 5.32 Å². The summed E-state index contributed by atoms with van der Waals surface area (Å²) in [5, 5.41) is 11.3. The first-order valence-electron chi connectivity index (χ1n) is 3.77. The molecule has 0 aromatic heterocycles. The number of nitrogens with one attached hydrogen (secondary N) is 1. The van der Waals surface area contributed by atoms with Crippen molar-refractivity contribution in [2.75, 3.05) is 7.05 Å². The third kappa shape index (κ3) is 1.77. The van der Waals surface area contributed by atoms with Gasteiger partial charge in [-0.25, -0.2) is 4.39 Å². The summed E-state index contributed by atoms with van der Waals surface area (Å²) in [6, 6.07) is 2.26. The number of aromatic hydroxyl groups is 1. The smallest absolute Gasteiger partial charge is 0.254 e. The van der Waals surface area contributed by atoms with Crippen LogP contribution in [0, 0.1) is 12.7 Å². The van der Waals surface area contributed by atoms with Crippen LogP contribution in [0.15, 0.2) is 12.1 Å². The van der Waals surface area contributed by atoms with E-state index in [1.807, 2.05) is 0 Å². The van der Waals surface area contributed by atoms with Gasteiger partial charge in [0.05, 0.1) is 5.56 Å². The lowest BCUT2D eigenvalue weighted by molar-refractivity contribution is 0.0958. The SMILES string of the molecule is CNC(=O)c1c(C)cc(O)cc1F. The molecule has 13 heavy (non-hydrogen) atoms. The number of hydrogen-bond acceptors (Lipinski definition) is 2. The van der Waals surface area contributed by atoms with Gasteiger partial charge in [0, 0.05) is 13.1 Å². The topological polar surface area (TPSA) is 49.3 Å². The molecule has 1 aromatic carbocycles.